The highest BCUT2D eigenvalue weighted by Crippen LogP contribution is 2.24. The first-order chi connectivity index (χ1) is 9.50. The molecule has 20 heavy (non-hydrogen) atoms. The van der Waals surface area contributed by atoms with Crippen molar-refractivity contribution < 1.29 is 8.42 Å². The Labute approximate surface area is 121 Å². The summed E-state index contributed by atoms with van der Waals surface area (Å²) < 4.78 is 26.7. The van der Waals surface area contributed by atoms with Crippen LogP contribution in [-0.4, -0.2) is 39.5 Å². The molecule has 0 saturated heterocycles. The lowest BCUT2D eigenvalue weighted by Crippen LogP contribution is -2.34. The molecular weight excluding hydrogens is 274 g/mol. The van der Waals surface area contributed by atoms with Gasteiger partial charge in [-0.3, -0.25) is 0 Å². The van der Waals surface area contributed by atoms with Gasteiger partial charge in [0.2, 0.25) is 10.0 Å². The molecule has 112 valence electrons. The van der Waals surface area contributed by atoms with Crippen LogP contribution >= 0.6 is 0 Å². The summed E-state index contributed by atoms with van der Waals surface area (Å²) in [5.74, 6) is 0.00792. The molecule has 5 nitrogen and oxygen atoms in total. The van der Waals surface area contributed by atoms with Crippen LogP contribution in [0, 0.1) is 0 Å². The molecule has 1 aromatic rings. The Morgan fingerprint density at radius 1 is 1.35 bits per heavy atom. The summed E-state index contributed by atoms with van der Waals surface area (Å²) in [6.07, 6.45) is 2.46. The smallest absolute Gasteiger partial charge is 0.215 e. The molecule has 1 saturated carbocycles. The van der Waals surface area contributed by atoms with Crippen LogP contribution in [0.5, 0.6) is 0 Å². The molecule has 0 heterocycles. The lowest BCUT2D eigenvalue weighted by Gasteiger charge is -2.15. The Bertz CT molecular complexity index is 541. The number of hydrogen-bond acceptors (Lipinski definition) is 4. The topological polar surface area (TPSA) is 75.4 Å². The zero-order chi connectivity index (χ0) is 14.6. The van der Waals surface area contributed by atoms with Gasteiger partial charge in [0.05, 0.1) is 5.75 Å². The van der Waals surface area contributed by atoms with Crippen molar-refractivity contribution in [2.75, 3.05) is 20.1 Å². The van der Waals surface area contributed by atoms with E-state index in [-0.39, 0.29) is 5.75 Å². The van der Waals surface area contributed by atoms with Crippen molar-refractivity contribution in [2.45, 2.75) is 31.2 Å². The van der Waals surface area contributed by atoms with E-state index in [0.29, 0.717) is 19.1 Å². The molecule has 0 aromatic heterocycles. The van der Waals surface area contributed by atoms with Gasteiger partial charge in [0.25, 0.3) is 0 Å². The molecule has 1 aromatic carbocycles. The predicted molar refractivity (Wildman–Crippen MR) is 80.6 cm³/mol. The molecule has 2 rings (SSSR count). The standard InChI is InChI=1S/C14H23N3O2S/c1-17(14-5-6-14)8-7-16-20(18,19)11-13-4-2-3-12(9-13)10-15/h2-4,9,14,16H,5-8,10-11,15H2,1H3. The van der Waals surface area contributed by atoms with Crippen LogP contribution in [0.4, 0.5) is 0 Å². The van der Waals surface area contributed by atoms with Crippen LogP contribution in [0.15, 0.2) is 24.3 Å². The molecule has 1 aliphatic carbocycles. The van der Waals surface area contributed by atoms with E-state index in [1.807, 2.05) is 31.3 Å². The van der Waals surface area contributed by atoms with Crippen LogP contribution in [0.3, 0.4) is 0 Å². The fraction of sp³-hybridized carbons (Fsp3) is 0.571. The molecule has 1 fully saturated rings. The number of nitrogens with two attached hydrogens (primary N) is 1. The summed E-state index contributed by atoms with van der Waals surface area (Å²) in [7, 11) is -1.24. The minimum Gasteiger partial charge on any atom is -0.326 e. The molecule has 0 spiro atoms. The van der Waals surface area contributed by atoms with Crippen molar-refractivity contribution in [3.05, 3.63) is 35.4 Å². The Hall–Kier alpha value is -0.950. The Morgan fingerprint density at radius 3 is 2.70 bits per heavy atom. The third-order valence-electron chi connectivity index (χ3n) is 3.54. The second-order valence-electron chi connectivity index (χ2n) is 5.39. The number of sulfonamides is 1. The third-order valence-corrected chi connectivity index (χ3v) is 4.90. The van der Waals surface area contributed by atoms with Gasteiger partial charge in [-0.25, -0.2) is 13.1 Å². The highest BCUT2D eigenvalue weighted by Gasteiger charge is 2.25. The number of rotatable bonds is 8. The zero-order valence-electron chi connectivity index (χ0n) is 11.9. The first-order valence-electron chi connectivity index (χ1n) is 6.95. The maximum absolute atomic E-state index is 12.0. The fourth-order valence-corrected chi connectivity index (χ4v) is 3.31. The SMILES string of the molecule is CN(CCNS(=O)(=O)Cc1cccc(CN)c1)C1CC1. The van der Waals surface area contributed by atoms with Gasteiger partial charge < -0.3 is 10.6 Å². The second kappa shape index (κ2) is 6.67. The molecule has 0 unspecified atom stereocenters. The molecule has 3 N–H and O–H groups in total. The molecule has 1 aliphatic rings. The van der Waals surface area contributed by atoms with Crippen molar-refractivity contribution in [2.24, 2.45) is 5.73 Å². The van der Waals surface area contributed by atoms with Gasteiger partial charge in [0, 0.05) is 25.7 Å². The van der Waals surface area contributed by atoms with Crippen molar-refractivity contribution in [1.29, 1.82) is 0 Å². The highest BCUT2D eigenvalue weighted by atomic mass is 32.2. The molecule has 0 amide bonds. The van der Waals surface area contributed by atoms with Crippen molar-refractivity contribution >= 4 is 10.0 Å². The van der Waals surface area contributed by atoms with Crippen LogP contribution in [0.2, 0.25) is 0 Å². The first kappa shape index (κ1) is 15.4. The van der Waals surface area contributed by atoms with E-state index < -0.39 is 10.0 Å². The summed E-state index contributed by atoms with van der Waals surface area (Å²) >= 11 is 0. The summed E-state index contributed by atoms with van der Waals surface area (Å²) in [5.41, 5.74) is 7.28. The van der Waals surface area contributed by atoms with Crippen molar-refractivity contribution in [3.8, 4) is 0 Å². The normalized spacial score (nSPS) is 15.8. The average molecular weight is 297 g/mol. The average Bonchev–Trinajstić information content (AvgIpc) is 3.22. The molecule has 0 atom stereocenters. The van der Waals surface area contributed by atoms with Gasteiger partial charge in [-0.2, -0.15) is 0 Å². The third kappa shape index (κ3) is 4.86. The fourth-order valence-electron chi connectivity index (χ4n) is 2.19. The number of nitrogens with one attached hydrogen (secondary N) is 1. The Morgan fingerprint density at radius 2 is 2.05 bits per heavy atom. The molecular formula is C14H23N3O2S. The lowest BCUT2D eigenvalue weighted by atomic mass is 10.1. The van der Waals surface area contributed by atoms with Crippen LogP contribution in [-0.2, 0) is 22.3 Å². The van der Waals surface area contributed by atoms with Crippen LogP contribution in [0.25, 0.3) is 0 Å². The summed E-state index contributed by atoms with van der Waals surface area (Å²) in [6.45, 7) is 1.64. The van der Waals surface area contributed by atoms with Crippen molar-refractivity contribution in [1.82, 2.24) is 9.62 Å². The lowest BCUT2D eigenvalue weighted by molar-refractivity contribution is 0.329. The van der Waals surface area contributed by atoms with E-state index >= 15 is 0 Å². The van der Waals surface area contributed by atoms with Gasteiger partial charge in [0.1, 0.15) is 0 Å². The van der Waals surface area contributed by atoms with Crippen molar-refractivity contribution in [3.63, 3.8) is 0 Å². The maximum atomic E-state index is 12.0. The molecule has 0 radical (unpaired) electrons. The molecule has 0 aliphatic heterocycles. The number of likely N-dealkylation sites (N-methyl/N-ethyl adjacent to an activating group) is 1. The van der Waals surface area contributed by atoms with Crippen LogP contribution in [0.1, 0.15) is 24.0 Å². The first-order valence-corrected chi connectivity index (χ1v) is 8.61. The number of hydrogen-bond donors (Lipinski definition) is 2. The molecule has 6 heteroatoms. The monoisotopic (exact) mass is 297 g/mol. The van der Waals surface area contributed by atoms with Gasteiger partial charge in [-0.1, -0.05) is 24.3 Å². The highest BCUT2D eigenvalue weighted by molar-refractivity contribution is 7.88. The number of benzene rings is 1. The summed E-state index contributed by atoms with van der Waals surface area (Å²) in [5, 5.41) is 0. The van der Waals surface area contributed by atoms with E-state index in [1.165, 1.54) is 12.8 Å². The largest absolute Gasteiger partial charge is 0.326 e. The van der Waals surface area contributed by atoms with E-state index in [1.54, 1.807) is 0 Å². The van der Waals surface area contributed by atoms with E-state index in [4.69, 9.17) is 5.73 Å². The predicted octanol–water partition coefficient (Wildman–Crippen LogP) is 0.659. The minimum absolute atomic E-state index is 0.00792. The number of nitrogens with zero attached hydrogens (tertiary/aromatic N) is 1. The summed E-state index contributed by atoms with van der Waals surface area (Å²) in [4.78, 5) is 2.21. The van der Waals surface area contributed by atoms with E-state index in [9.17, 15) is 8.42 Å². The minimum atomic E-state index is -3.28. The van der Waals surface area contributed by atoms with Gasteiger partial charge in [-0.15, -0.1) is 0 Å². The Balaban J connectivity index is 1.83. The van der Waals surface area contributed by atoms with Gasteiger partial charge in [-0.05, 0) is 31.0 Å². The zero-order valence-corrected chi connectivity index (χ0v) is 12.7. The maximum Gasteiger partial charge on any atom is 0.215 e. The Kier molecular flexibility index (Phi) is 5.15. The second-order valence-corrected chi connectivity index (χ2v) is 7.20. The quantitative estimate of drug-likeness (QED) is 0.739. The van der Waals surface area contributed by atoms with Crippen LogP contribution < -0.4 is 10.5 Å². The summed E-state index contributed by atoms with van der Waals surface area (Å²) in [6, 6.07) is 8.05. The van der Waals surface area contributed by atoms with E-state index in [0.717, 1.165) is 17.7 Å². The molecule has 0 bridgehead atoms. The van der Waals surface area contributed by atoms with E-state index in [2.05, 4.69) is 9.62 Å². The van der Waals surface area contributed by atoms with Gasteiger partial charge >= 0.3 is 0 Å². The van der Waals surface area contributed by atoms with Gasteiger partial charge in [0.15, 0.2) is 0 Å².